The minimum Gasteiger partial charge on any atom is -0.352 e. The minimum absolute atomic E-state index is 0.0445. The molecule has 3 aromatic rings. The summed E-state index contributed by atoms with van der Waals surface area (Å²) in [6.07, 6.45) is 5.31. The molecule has 1 unspecified atom stereocenters. The Labute approximate surface area is 223 Å². The van der Waals surface area contributed by atoms with E-state index in [1.165, 1.54) is 17.0 Å². The standard InChI is InChI=1S/C29H34FN3O4S/c1-3-26(29(35)31-24-11-5-6-12-24)32(19-21-15-17-23(30)18-16-21)28(34)20-33(38(2,36)37)27-14-8-10-22-9-4-7-13-25(22)27/h4,7-10,13-18,24,26H,3,5-6,11-12,19-20H2,1-2H3,(H,31,35). The first-order valence-corrected chi connectivity index (χ1v) is 14.8. The number of amides is 2. The third-order valence-electron chi connectivity index (χ3n) is 7.07. The number of benzene rings is 3. The Morgan fingerprint density at radius 3 is 2.32 bits per heavy atom. The average molecular weight is 540 g/mol. The molecule has 1 saturated carbocycles. The van der Waals surface area contributed by atoms with E-state index in [1.54, 1.807) is 24.3 Å². The summed E-state index contributed by atoms with van der Waals surface area (Å²) in [5.41, 5.74) is 1.03. The van der Waals surface area contributed by atoms with E-state index in [9.17, 15) is 22.4 Å². The van der Waals surface area contributed by atoms with Crippen molar-refractivity contribution in [1.29, 1.82) is 0 Å². The third kappa shape index (κ3) is 6.51. The van der Waals surface area contributed by atoms with Gasteiger partial charge in [-0.2, -0.15) is 0 Å². The zero-order valence-electron chi connectivity index (χ0n) is 21.8. The molecule has 1 aliphatic carbocycles. The maximum Gasteiger partial charge on any atom is 0.244 e. The lowest BCUT2D eigenvalue weighted by Gasteiger charge is -2.33. The number of nitrogens with zero attached hydrogens (tertiary/aromatic N) is 2. The number of halogens is 1. The number of sulfonamides is 1. The van der Waals surface area contributed by atoms with Crippen LogP contribution < -0.4 is 9.62 Å². The smallest absolute Gasteiger partial charge is 0.244 e. The van der Waals surface area contributed by atoms with E-state index in [-0.39, 0.29) is 18.5 Å². The Balaban J connectivity index is 1.68. The first-order valence-electron chi connectivity index (χ1n) is 13.0. The number of anilines is 1. The fourth-order valence-electron chi connectivity index (χ4n) is 5.09. The number of rotatable bonds is 10. The van der Waals surface area contributed by atoms with Crippen LogP contribution in [0.2, 0.25) is 0 Å². The topological polar surface area (TPSA) is 86.8 Å². The van der Waals surface area contributed by atoms with Crippen molar-refractivity contribution >= 4 is 38.3 Å². The number of hydrogen-bond donors (Lipinski definition) is 1. The van der Waals surface area contributed by atoms with Crippen LogP contribution in [-0.2, 0) is 26.2 Å². The van der Waals surface area contributed by atoms with Crippen LogP contribution in [0.25, 0.3) is 10.8 Å². The average Bonchev–Trinajstić information content (AvgIpc) is 3.40. The maximum absolute atomic E-state index is 13.9. The summed E-state index contributed by atoms with van der Waals surface area (Å²) in [4.78, 5) is 28.7. The van der Waals surface area contributed by atoms with Gasteiger partial charge in [-0.05, 0) is 48.4 Å². The molecule has 1 aliphatic rings. The lowest BCUT2D eigenvalue weighted by molar-refractivity contribution is -0.140. The highest BCUT2D eigenvalue weighted by molar-refractivity contribution is 7.92. The third-order valence-corrected chi connectivity index (χ3v) is 8.19. The quantitative estimate of drug-likeness (QED) is 0.408. The number of hydrogen-bond acceptors (Lipinski definition) is 4. The summed E-state index contributed by atoms with van der Waals surface area (Å²) in [5.74, 6) is -1.18. The minimum atomic E-state index is -3.85. The molecule has 4 rings (SSSR count). The van der Waals surface area contributed by atoms with Crippen LogP contribution in [0.4, 0.5) is 10.1 Å². The summed E-state index contributed by atoms with van der Waals surface area (Å²) in [6, 6.07) is 17.7. The zero-order chi connectivity index (χ0) is 27.3. The summed E-state index contributed by atoms with van der Waals surface area (Å²) in [5, 5.41) is 4.62. The van der Waals surface area contributed by atoms with Gasteiger partial charge in [0.25, 0.3) is 0 Å². The van der Waals surface area contributed by atoms with E-state index in [4.69, 9.17) is 0 Å². The van der Waals surface area contributed by atoms with Gasteiger partial charge in [0.05, 0.1) is 11.9 Å². The van der Waals surface area contributed by atoms with Crippen molar-refractivity contribution in [3.8, 4) is 0 Å². The van der Waals surface area contributed by atoms with E-state index >= 15 is 0 Å². The van der Waals surface area contributed by atoms with Crippen molar-refractivity contribution in [1.82, 2.24) is 10.2 Å². The molecule has 0 aliphatic heterocycles. The van der Waals surface area contributed by atoms with Crippen molar-refractivity contribution in [2.75, 3.05) is 17.1 Å². The Morgan fingerprint density at radius 1 is 1.00 bits per heavy atom. The van der Waals surface area contributed by atoms with E-state index in [0.29, 0.717) is 23.1 Å². The molecule has 0 aromatic heterocycles. The lowest BCUT2D eigenvalue weighted by Crippen LogP contribution is -2.53. The number of nitrogens with one attached hydrogen (secondary N) is 1. The predicted molar refractivity (Wildman–Crippen MR) is 148 cm³/mol. The Hall–Kier alpha value is -3.46. The summed E-state index contributed by atoms with van der Waals surface area (Å²) < 4.78 is 40.6. The summed E-state index contributed by atoms with van der Waals surface area (Å²) in [6.45, 7) is 1.40. The molecule has 9 heteroatoms. The fraction of sp³-hybridized carbons (Fsp3) is 0.379. The largest absolute Gasteiger partial charge is 0.352 e. The van der Waals surface area contributed by atoms with E-state index in [2.05, 4.69) is 5.32 Å². The van der Waals surface area contributed by atoms with Crippen LogP contribution in [0.15, 0.2) is 66.7 Å². The maximum atomic E-state index is 13.9. The van der Waals surface area contributed by atoms with Gasteiger partial charge < -0.3 is 10.2 Å². The van der Waals surface area contributed by atoms with Crippen LogP contribution in [0.5, 0.6) is 0 Å². The highest BCUT2D eigenvalue weighted by Crippen LogP contribution is 2.29. The van der Waals surface area contributed by atoms with Gasteiger partial charge in [0.1, 0.15) is 18.4 Å². The van der Waals surface area contributed by atoms with Gasteiger partial charge >= 0.3 is 0 Å². The number of fused-ring (bicyclic) bond motifs is 1. The van der Waals surface area contributed by atoms with Gasteiger partial charge in [-0.1, -0.05) is 68.3 Å². The summed E-state index contributed by atoms with van der Waals surface area (Å²) >= 11 is 0. The Kier molecular flexibility index (Phi) is 8.66. The molecule has 0 saturated heterocycles. The Morgan fingerprint density at radius 2 is 1.66 bits per heavy atom. The van der Waals surface area contributed by atoms with Gasteiger partial charge in [-0.3, -0.25) is 13.9 Å². The van der Waals surface area contributed by atoms with Crippen LogP contribution in [0, 0.1) is 5.82 Å². The van der Waals surface area contributed by atoms with Crippen LogP contribution >= 0.6 is 0 Å². The van der Waals surface area contributed by atoms with Gasteiger partial charge in [-0.25, -0.2) is 12.8 Å². The van der Waals surface area contributed by atoms with Crippen molar-refractivity contribution in [3.63, 3.8) is 0 Å². The van der Waals surface area contributed by atoms with Gasteiger partial charge in [0, 0.05) is 18.0 Å². The molecule has 1 atom stereocenters. The predicted octanol–water partition coefficient (Wildman–Crippen LogP) is 4.61. The summed E-state index contributed by atoms with van der Waals surface area (Å²) in [7, 11) is -3.85. The number of carbonyl (C=O) groups is 2. The zero-order valence-corrected chi connectivity index (χ0v) is 22.6. The fourth-order valence-corrected chi connectivity index (χ4v) is 5.96. The van der Waals surface area contributed by atoms with Crippen molar-refractivity contribution in [2.24, 2.45) is 0 Å². The van der Waals surface area contributed by atoms with Gasteiger partial charge in [0.15, 0.2) is 0 Å². The van der Waals surface area contributed by atoms with E-state index in [1.807, 2.05) is 37.3 Å². The molecule has 3 aromatic carbocycles. The van der Waals surface area contributed by atoms with Gasteiger partial charge in [0.2, 0.25) is 21.8 Å². The number of carbonyl (C=O) groups excluding carboxylic acids is 2. The molecule has 1 fully saturated rings. The van der Waals surface area contributed by atoms with Crippen molar-refractivity contribution < 1.29 is 22.4 Å². The molecule has 1 N–H and O–H groups in total. The molecule has 202 valence electrons. The van der Waals surface area contributed by atoms with E-state index in [0.717, 1.165) is 41.6 Å². The monoisotopic (exact) mass is 539 g/mol. The second kappa shape index (κ2) is 11.9. The molecular formula is C29H34FN3O4S. The lowest BCUT2D eigenvalue weighted by atomic mass is 10.1. The molecular weight excluding hydrogens is 505 g/mol. The molecule has 7 nitrogen and oxygen atoms in total. The SMILES string of the molecule is CCC(C(=O)NC1CCCC1)N(Cc1ccc(F)cc1)C(=O)CN(c1cccc2ccccc12)S(C)(=O)=O. The molecule has 0 heterocycles. The first-order chi connectivity index (χ1) is 18.2. The van der Waals surface area contributed by atoms with Crippen LogP contribution in [0.3, 0.4) is 0 Å². The van der Waals surface area contributed by atoms with Crippen molar-refractivity contribution in [2.45, 2.75) is 57.7 Å². The highest BCUT2D eigenvalue weighted by atomic mass is 32.2. The molecule has 2 amide bonds. The molecule has 38 heavy (non-hydrogen) atoms. The Bertz CT molecular complexity index is 1380. The molecule has 0 spiro atoms. The second-order valence-corrected chi connectivity index (χ2v) is 11.7. The normalized spacial score (nSPS) is 14.8. The van der Waals surface area contributed by atoms with E-state index < -0.39 is 34.3 Å². The van der Waals surface area contributed by atoms with Crippen molar-refractivity contribution in [3.05, 3.63) is 78.1 Å². The highest BCUT2D eigenvalue weighted by Gasteiger charge is 2.33. The molecule has 0 radical (unpaired) electrons. The van der Waals surface area contributed by atoms with Crippen LogP contribution in [0.1, 0.15) is 44.6 Å². The second-order valence-electron chi connectivity index (χ2n) is 9.83. The first kappa shape index (κ1) is 27.6. The van der Waals surface area contributed by atoms with Crippen LogP contribution in [-0.4, -0.2) is 50.0 Å². The van der Waals surface area contributed by atoms with Gasteiger partial charge in [-0.15, -0.1) is 0 Å². The molecule has 0 bridgehead atoms.